The monoisotopic (exact) mass is 310 g/mol. The average molecular weight is 310 g/mol. The number of hydrogen-bond acceptors (Lipinski definition) is 4. The molecule has 2 aromatic rings. The Morgan fingerprint density at radius 3 is 2.59 bits per heavy atom. The van der Waals surface area contributed by atoms with E-state index in [4.69, 9.17) is 0 Å². The third kappa shape index (κ3) is 2.72. The Kier molecular flexibility index (Phi) is 3.68. The van der Waals surface area contributed by atoms with Crippen molar-refractivity contribution in [2.75, 3.05) is 38.6 Å². The lowest BCUT2D eigenvalue weighted by atomic mass is 9.99. The summed E-state index contributed by atoms with van der Waals surface area (Å²) in [4.78, 5) is 12.2. The molecule has 0 spiro atoms. The van der Waals surface area contributed by atoms with E-state index in [0.717, 1.165) is 25.7 Å². The van der Waals surface area contributed by atoms with Crippen LogP contribution in [-0.4, -0.2) is 48.6 Å². The van der Waals surface area contributed by atoms with Crippen LogP contribution in [0.3, 0.4) is 0 Å². The predicted octanol–water partition coefficient (Wildman–Crippen LogP) is 2.65. The number of benzene rings is 1. The molecule has 1 aromatic carbocycles. The van der Waals surface area contributed by atoms with Crippen molar-refractivity contribution < 1.29 is 13.2 Å². The topological polar surface area (TPSA) is 32.3 Å². The first-order valence-electron chi connectivity index (χ1n) is 7.07. The first-order chi connectivity index (χ1) is 10.4. The maximum atomic E-state index is 13.1. The van der Waals surface area contributed by atoms with Crippen LogP contribution in [0.4, 0.5) is 19.0 Å². The van der Waals surface area contributed by atoms with E-state index in [2.05, 4.69) is 14.9 Å². The highest BCUT2D eigenvalue weighted by molar-refractivity contribution is 5.92. The fraction of sp³-hybridized carbons (Fsp3) is 0.467. The van der Waals surface area contributed by atoms with E-state index in [9.17, 15) is 13.2 Å². The molecule has 1 aliphatic rings. The van der Waals surface area contributed by atoms with E-state index in [1.807, 2.05) is 19.0 Å². The number of hydrogen-bond donors (Lipinski definition) is 0. The highest BCUT2D eigenvalue weighted by Gasteiger charge is 2.35. The Morgan fingerprint density at radius 2 is 1.95 bits per heavy atom. The van der Waals surface area contributed by atoms with E-state index >= 15 is 0 Å². The summed E-state index contributed by atoms with van der Waals surface area (Å²) >= 11 is 0. The molecule has 1 aromatic heterocycles. The van der Waals surface area contributed by atoms with E-state index in [1.54, 1.807) is 6.07 Å². The van der Waals surface area contributed by atoms with Crippen LogP contribution in [0, 0.1) is 5.92 Å². The SMILES string of the molecule is CN(C)CC1CN(c2ncnc3c(C(F)(F)F)cccc23)C1. The molecule has 0 unspecified atom stereocenters. The normalized spacial score (nSPS) is 16.4. The molecule has 0 saturated carbocycles. The molecule has 118 valence electrons. The first kappa shape index (κ1) is 15.0. The zero-order valence-corrected chi connectivity index (χ0v) is 12.4. The van der Waals surface area contributed by atoms with Gasteiger partial charge in [0.05, 0.1) is 11.1 Å². The van der Waals surface area contributed by atoms with Crippen LogP contribution in [0.1, 0.15) is 5.56 Å². The van der Waals surface area contributed by atoms with Gasteiger partial charge in [0.15, 0.2) is 0 Å². The molecule has 1 saturated heterocycles. The summed E-state index contributed by atoms with van der Waals surface area (Å²) in [6, 6.07) is 4.12. The van der Waals surface area contributed by atoms with Gasteiger partial charge in [-0.15, -0.1) is 0 Å². The second-order valence-corrected chi connectivity index (χ2v) is 5.93. The van der Waals surface area contributed by atoms with E-state index in [1.165, 1.54) is 12.4 Å². The van der Waals surface area contributed by atoms with Gasteiger partial charge in [-0.25, -0.2) is 9.97 Å². The van der Waals surface area contributed by atoms with Gasteiger partial charge in [0.1, 0.15) is 12.1 Å². The third-order valence-corrected chi connectivity index (χ3v) is 3.83. The largest absolute Gasteiger partial charge is 0.418 e. The molecule has 3 rings (SSSR count). The van der Waals surface area contributed by atoms with Gasteiger partial charge < -0.3 is 9.80 Å². The molecule has 0 atom stereocenters. The van der Waals surface area contributed by atoms with Gasteiger partial charge in [0.25, 0.3) is 0 Å². The van der Waals surface area contributed by atoms with Gasteiger partial charge in [-0.05, 0) is 26.2 Å². The number of alkyl halides is 3. The van der Waals surface area contributed by atoms with Crippen LogP contribution < -0.4 is 4.90 Å². The lowest BCUT2D eigenvalue weighted by molar-refractivity contribution is -0.136. The molecule has 0 aliphatic carbocycles. The molecule has 0 bridgehead atoms. The second kappa shape index (κ2) is 5.39. The van der Waals surface area contributed by atoms with Crippen molar-refractivity contribution >= 4 is 16.7 Å². The van der Waals surface area contributed by atoms with Crippen molar-refractivity contribution in [1.29, 1.82) is 0 Å². The minimum absolute atomic E-state index is 0.0314. The van der Waals surface area contributed by atoms with Crippen molar-refractivity contribution in [2.24, 2.45) is 5.92 Å². The lowest BCUT2D eigenvalue weighted by Gasteiger charge is -2.41. The number of aromatic nitrogens is 2. The zero-order valence-electron chi connectivity index (χ0n) is 12.4. The Morgan fingerprint density at radius 1 is 1.23 bits per heavy atom. The van der Waals surface area contributed by atoms with Gasteiger partial charge in [-0.3, -0.25) is 0 Å². The molecule has 1 fully saturated rings. The van der Waals surface area contributed by atoms with Gasteiger partial charge in [-0.1, -0.05) is 6.07 Å². The van der Waals surface area contributed by atoms with Crippen molar-refractivity contribution in [2.45, 2.75) is 6.18 Å². The van der Waals surface area contributed by atoms with Gasteiger partial charge in [-0.2, -0.15) is 13.2 Å². The molecule has 0 radical (unpaired) electrons. The Balaban J connectivity index is 1.93. The van der Waals surface area contributed by atoms with Crippen molar-refractivity contribution in [3.05, 3.63) is 30.1 Å². The van der Waals surface area contributed by atoms with Crippen molar-refractivity contribution in [1.82, 2.24) is 14.9 Å². The number of rotatable bonds is 3. The van der Waals surface area contributed by atoms with E-state index < -0.39 is 11.7 Å². The number of halogens is 3. The third-order valence-electron chi connectivity index (χ3n) is 3.83. The van der Waals surface area contributed by atoms with Crippen LogP contribution >= 0.6 is 0 Å². The van der Waals surface area contributed by atoms with Gasteiger partial charge >= 0.3 is 6.18 Å². The van der Waals surface area contributed by atoms with Crippen LogP contribution in [-0.2, 0) is 6.18 Å². The van der Waals surface area contributed by atoms with Gasteiger partial charge in [0, 0.05) is 30.9 Å². The fourth-order valence-corrected chi connectivity index (χ4v) is 2.93. The number of fused-ring (bicyclic) bond motifs is 1. The van der Waals surface area contributed by atoms with Crippen LogP contribution in [0.15, 0.2) is 24.5 Å². The predicted molar refractivity (Wildman–Crippen MR) is 78.8 cm³/mol. The first-order valence-corrected chi connectivity index (χ1v) is 7.07. The molecule has 1 aliphatic heterocycles. The summed E-state index contributed by atoms with van der Waals surface area (Å²) in [6.45, 7) is 2.58. The molecule has 0 N–H and O–H groups in total. The lowest BCUT2D eigenvalue weighted by Crippen LogP contribution is -2.51. The summed E-state index contributed by atoms with van der Waals surface area (Å²) < 4.78 is 39.2. The van der Waals surface area contributed by atoms with Crippen LogP contribution in [0.25, 0.3) is 10.9 Å². The zero-order chi connectivity index (χ0) is 15.9. The van der Waals surface area contributed by atoms with Gasteiger partial charge in [0.2, 0.25) is 0 Å². The summed E-state index contributed by atoms with van der Waals surface area (Å²) in [7, 11) is 4.02. The maximum Gasteiger partial charge on any atom is 0.418 e. The fourth-order valence-electron chi connectivity index (χ4n) is 2.93. The average Bonchev–Trinajstić information content (AvgIpc) is 2.40. The standard InChI is InChI=1S/C15H17F3N4/c1-21(2)6-10-7-22(8-10)14-11-4-3-5-12(15(16,17)18)13(11)19-9-20-14/h3-5,9-10H,6-8H2,1-2H3. The minimum atomic E-state index is -4.41. The smallest absolute Gasteiger partial charge is 0.355 e. The quantitative estimate of drug-likeness (QED) is 0.872. The Bertz CT molecular complexity index is 678. The molecule has 2 heterocycles. The number of para-hydroxylation sites is 1. The summed E-state index contributed by atoms with van der Waals surface area (Å²) in [5, 5.41) is 0.459. The highest BCUT2D eigenvalue weighted by Crippen LogP contribution is 2.37. The highest BCUT2D eigenvalue weighted by atomic mass is 19.4. The molecular weight excluding hydrogens is 293 g/mol. The van der Waals surface area contributed by atoms with E-state index in [-0.39, 0.29) is 5.52 Å². The van der Waals surface area contributed by atoms with Crippen LogP contribution in [0.5, 0.6) is 0 Å². The van der Waals surface area contributed by atoms with Crippen molar-refractivity contribution in [3.8, 4) is 0 Å². The summed E-state index contributed by atoms with van der Waals surface area (Å²) in [6.07, 6.45) is -3.19. The molecule has 0 amide bonds. The number of nitrogens with zero attached hydrogens (tertiary/aromatic N) is 4. The minimum Gasteiger partial charge on any atom is -0.355 e. The molecule has 4 nitrogen and oxygen atoms in total. The summed E-state index contributed by atoms with van der Waals surface area (Å²) in [5.41, 5.74) is -0.741. The second-order valence-electron chi connectivity index (χ2n) is 5.93. The number of anilines is 1. The molecular formula is C15H17F3N4. The Labute approximate surface area is 126 Å². The van der Waals surface area contributed by atoms with E-state index in [0.29, 0.717) is 17.1 Å². The molecule has 7 heteroatoms. The van der Waals surface area contributed by atoms with Crippen molar-refractivity contribution in [3.63, 3.8) is 0 Å². The molecule has 22 heavy (non-hydrogen) atoms. The Hall–Kier alpha value is -1.89. The summed E-state index contributed by atoms with van der Waals surface area (Å²) in [5.74, 6) is 1.11. The van der Waals surface area contributed by atoms with Crippen LogP contribution in [0.2, 0.25) is 0 Å². The maximum absolute atomic E-state index is 13.1.